The largest absolute Gasteiger partial charge is 0.494 e. The molecule has 2 aromatic carbocycles. The molecule has 0 N–H and O–H groups in total. The number of carbonyl (C=O) groups is 2. The summed E-state index contributed by atoms with van der Waals surface area (Å²) in [7, 11) is 0. The lowest BCUT2D eigenvalue weighted by molar-refractivity contribution is -0.140. The first-order chi connectivity index (χ1) is 13.6. The van der Waals surface area contributed by atoms with E-state index in [9.17, 15) is 9.59 Å². The van der Waals surface area contributed by atoms with Crippen LogP contribution in [0.1, 0.15) is 18.1 Å². The van der Waals surface area contributed by atoms with Crippen LogP contribution in [0.25, 0.3) is 0 Å². The molecule has 0 atom stereocenters. The quantitative estimate of drug-likeness (QED) is 0.348. The zero-order valence-corrected chi connectivity index (χ0v) is 16.2. The van der Waals surface area contributed by atoms with E-state index in [1.54, 1.807) is 24.3 Å². The Morgan fingerprint density at radius 2 is 1.29 bits per heavy atom. The molecule has 0 unspecified atom stereocenters. The predicted octanol–water partition coefficient (Wildman–Crippen LogP) is 4.64. The van der Waals surface area contributed by atoms with E-state index < -0.39 is 11.9 Å². The molecule has 0 aliphatic rings. The fourth-order valence-electron chi connectivity index (χ4n) is 2.10. The maximum atomic E-state index is 11.7. The van der Waals surface area contributed by atoms with Crippen molar-refractivity contribution in [2.75, 3.05) is 6.61 Å². The molecule has 28 heavy (non-hydrogen) atoms. The number of esters is 2. The van der Waals surface area contributed by atoms with E-state index in [2.05, 4.69) is 0 Å². The molecule has 0 saturated heterocycles. The number of hydrogen-bond acceptors (Lipinski definition) is 5. The fourth-order valence-corrected chi connectivity index (χ4v) is 2.23. The number of hydrogen-bond donors (Lipinski definition) is 0. The summed E-state index contributed by atoms with van der Waals surface area (Å²) in [6.45, 7) is 2.81. The molecule has 0 aliphatic heterocycles. The van der Waals surface area contributed by atoms with Crippen molar-refractivity contribution in [3.8, 4) is 5.75 Å². The molecule has 0 radical (unpaired) electrons. The monoisotopic (exact) mass is 400 g/mol. The molecule has 0 aromatic heterocycles. The normalized spacial score (nSPS) is 10.9. The summed E-state index contributed by atoms with van der Waals surface area (Å²) in [4.78, 5) is 23.3. The standard InChI is InChI=1S/C22H21ClO5/c1-2-26-20-13-9-18(10-14-20)16-28-22(25)6-4-3-5-21(24)27-15-17-7-11-19(23)12-8-17/h3-14H,2,15-16H2,1H3/b5-3+,6-4+. The fraction of sp³-hybridized carbons (Fsp3) is 0.182. The lowest BCUT2D eigenvalue weighted by Gasteiger charge is -2.05. The van der Waals surface area contributed by atoms with E-state index in [1.165, 1.54) is 24.3 Å². The third kappa shape index (κ3) is 8.10. The van der Waals surface area contributed by atoms with Crippen LogP contribution in [0.4, 0.5) is 0 Å². The number of allylic oxidation sites excluding steroid dienone is 2. The third-order valence-corrected chi connectivity index (χ3v) is 3.74. The van der Waals surface area contributed by atoms with Gasteiger partial charge in [0.15, 0.2) is 0 Å². The van der Waals surface area contributed by atoms with E-state index in [0.717, 1.165) is 16.9 Å². The van der Waals surface area contributed by atoms with Crippen LogP contribution >= 0.6 is 11.6 Å². The van der Waals surface area contributed by atoms with Crippen molar-refractivity contribution < 1.29 is 23.8 Å². The summed E-state index contributed by atoms with van der Waals surface area (Å²) in [5.74, 6) is -0.249. The van der Waals surface area contributed by atoms with Gasteiger partial charge < -0.3 is 14.2 Å². The van der Waals surface area contributed by atoms with Gasteiger partial charge in [-0.3, -0.25) is 0 Å². The van der Waals surface area contributed by atoms with E-state index >= 15 is 0 Å². The van der Waals surface area contributed by atoms with E-state index in [1.807, 2.05) is 31.2 Å². The average molecular weight is 401 g/mol. The second-order valence-corrected chi connectivity index (χ2v) is 6.07. The van der Waals surface area contributed by atoms with E-state index in [0.29, 0.717) is 11.6 Å². The van der Waals surface area contributed by atoms with E-state index in [-0.39, 0.29) is 13.2 Å². The van der Waals surface area contributed by atoms with Crippen molar-refractivity contribution in [3.05, 3.63) is 89.0 Å². The SMILES string of the molecule is CCOc1ccc(COC(=O)/C=C/C=C/C(=O)OCc2ccc(Cl)cc2)cc1. The first-order valence-corrected chi connectivity index (χ1v) is 9.09. The summed E-state index contributed by atoms with van der Waals surface area (Å²) in [6.07, 6.45) is 5.30. The second kappa shape index (κ2) is 11.6. The first kappa shape index (κ1) is 21.3. The van der Waals surface area contributed by atoms with Crippen LogP contribution in [0.2, 0.25) is 5.02 Å². The van der Waals surface area contributed by atoms with Crippen LogP contribution in [-0.4, -0.2) is 18.5 Å². The van der Waals surface area contributed by atoms with Crippen LogP contribution in [0.15, 0.2) is 72.8 Å². The number of carbonyl (C=O) groups excluding carboxylic acids is 2. The van der Waals surface area contributed by atoms with Gasteiger partial charge in [-0.05, 0) is 42.3 Å². The van der Waals surface area contributed by atoms with Gasteiger partial charge in [0.05, 0.1) is 6.61 Å². The van der Waals surface area contributed by atoms with Crippen LogP contribution in [-0.2, 0) is 32.3 Å². The molecule has 0 aliphatic carbocycles. The van der Waals surface area contributed by atoms with Gasteiger partial charge in [0.25, 0.3) is 0 Å². The number of rotatable bonds is 9. The Balaban J connectivity index is 1.68. The van der Waals surface area contributed by atoms with Crippen LogP contribution in [0, 0.1) is 0 Å². The van der Waals surface area contributed by atoms with Gasteiger partial charge in [0.2, 0.25) is 0 Å². The van der Waals surface area contributed by atoms with Crippen molar-refractivity contribution in [2.45, 2.75) is 20.1 Å². The van der Waals surface area contributed by atoms with Crippen molar-refractivity contribution >= 4 is 23.5 Å². The lowest BCUT2D eigenvalue weighted by atomic mass is 10.2. The van der Waals surface area contributed by atoms with Crippen LogP contribution in [0.3, 0.4) is 0 Å². The minimum atomic E-state index is -0.512. The molecule has 0 spiro atoms. The predicted molar refractivity (Wildman–Crippen MR) is 107 cm³/mol. The van der Waals surface area contributed by atoms with Crippen molar-refractivity contribution in [3.63, 3.8) is 0 Å². The van der Waals surface area contributed by atoms with Gasteiger partial charge in [-0.25, -0.2) is 9.59 Å². The highest BCUT2D eigenvalue weighted by Gasteiger charge is 2.00. The van der Waals surface area contributed by atoms with Gasteiger partial charge >= 0.3 is 11.9 Å². The van der Waals surface area contributed by atoms with Gasteiger partial charge in [-0.1, -0.05) is 48.0 Å². The number of halogens is 1. The topological polar surface area (TPSA) is 61.8 Å². The van der Waals surface area contributed by atoms with Crippen molar-refractivity contribution in [2.24, 2.45) is 0 Å². The van der Waals surface area contributed by atoms with Gasteiger partial charge in [-0.2, -0.15) is 0 Å². The smallest absolute Gasteiger partial charge is 0.331 e. The summed E-state index contributed by atoms with van der Waals surface area (Å²) in [5.41, 5.74) is 1.69. The molecule has 2 rings (SSSR count). The molecular weight excluding hydrogens is 380 g/mol. The summed E-state index contributed by atoms with van der Waals surface area (Å²) in [6, 6.07) is 14.3. The van der Waals surface area contributed by atoms with Crippen molar-refractivity contribution in [1.82, 2.24) is 0 Å². The second-order valence-electron chi connectivity index (χ2n) is 5.64. The Morgan fingerprint density at radius 1 is 0.821 bits per heavy atom. The molecule has 0 fully saturated rings. The molecule has 6 heteroatoms. The van der Waals surface area contributed by atoms with E-state index in [4.69, 9.17) is 25.8 Å². The first-order valence-electron chi connectivity index (χ1n) is 8.71. The summed E-state index contributed by atoms with van der Waals surface area (Å²) >= 11 is 5.79. The lowest BCUT2D eigenvalue weighted by Crippen LogP contribution is -2.01. The van der Waals surface area contributed by atoms with Gasteiger partial charge in [0.1, 0.15) is 19.0 Å². The highest BCUT2D eigenvalue weighted by Crippen LogP contribution is 2.13. The molecule has 0 heterocycles. The molecule has 0 saturated carbocycles. The number of ether oxygens (including phenoxy) is 3. The Hall–Kier alpha value is -3.05. The van der Waals surface area contributed by atoms with Gasteiger partial charge in [-0.15, -0.1) is 0 Å². The Bertz CT molecular complexity index is 823. The highest BCUT2D eigenvalue weighted by atomic mass is 35.5. The Labute approximate surface area is 169 Å². The zero-order chi connectivity index (χ0) is 20.2. The maximum absolute atomic E-state index is 11.7. The Morgan fingerprint density at radius 3 is 1.75 bits per heavy atom. The Kier molecular flexibility index (Phi) is 8.82. The molecule has 146 valence electrons. The van der Waals surface area contributed by atoms with Gasteiger partial charge in [0, 0.05) is 17.2 Å². The van der Waals surface area contributed by atoms with Crippen LogP contribution < -0.4 is 4.74 Å². The average Bonchev–Trinajstić information content (AvgIpc) is 2.70. The third-order valence-electron chi connectivity index (χ3n) is 3.49. The summed E-state index contributed by atoms with van der Waals surface area (Å²) < 4.78 is 15.5. The zero-order valence-electron chi connectivity index (χ0n) is 15.5. The molecule has 2 aromatic rings. The molecule has 5 nitrogen and oxygen atoms in total. The minimum Gasteiger partial charge on any atom is -0.494 e. The summed E-state index contributed by atoms with van der Waals surface area (Å²) in [5, 5.41) is 0.620. The molecule has 0 bridgehead atoms. The number of benzene rings is 2. The maximum Gasteiger partial charge on any atom is 0.331 e. The molecular formula is C22H21ClO5. The van der Waals surface area contributed by atoms with Crippen molar-refractivity contribution in [1.29, 1.82) is 0 Å². The highest BCUT2D eigenvalue weighted by molar-refractivity contribution is 6.30. The molecule has 0 amide bonds. The van der Waals surface area contributed by atoms with Crippen LogP contribution in [0.5, 0.6) is 5.75 Å². The minimum absolute atomic E-state index is 0.147.